The molecule has 3 nitrogen and oxygen atoms in total. The third-order valence-corrected chi connectivity index (χ3v) is 5.85. The second kappa shape index (κ2) is 3.66. The maximum Gasteiger partial charge on any atom is 0.0743 e. The lowest BCUT2D eigenvalue weighted by molar-refractivity contribution is 0.456. The molecule has 3 fully saturated rings. The second-order valence-electron chi connectivity index (χ2n) is 6.76. The summed E-state index contributed by atoms with van der Waals surface area (Å²) < 4.78 is 0. The Bertz CT molecular complexity index is 680. The van der Waals surface area contributed by atoms with Gasteiger partial charge in [0.05, 0.1) is 23.1 Å². The summed E-state index contributed by atoms with van der Waals surface area (Å²) >= 11 is 0. The van der Waals surface area contributed by atoms with Crippen molar-refractivity contribution in [3.8, 4) is 0 Å². The van der Waals surface area contributed by atoms with E-state index in [-0.39, 0.29) is 0 Å². The highest BCUT2D eigenvalue weighted by Gasteiger charge is 2.65. The van der Waals surface area contributed by atoms with E-state index in [0.29, 0.717) is 6.04 Å². The topological polar surface area (TPSA) is 50.9 Å². The summed E-state index contributed by atoms with van der Waals surface area (Å²) in [7, 11) is 0. The first-order valence-corrected chi connectivity index (χ1v) is 7.72. The second-order valence-corrected chi connectivity index (χ2v) is 6.76. The summed E-state index contributed by atoms with van der Waals surface area (Å²) in [6.07, 6.45) is 6.19. The molecule has 0 radical (unpaired) electrons. The molecule has 0 aliphatic heterocycles. The van der Waals surface area contributed by atoms with Crippen molar-refractivity contribution in [3.05, 3.63) is 30.5 Å². The van der Waals surface area contributed by atoms with Crippen molar-refractivity contribution in [1.29, 1.82) is 0 Å². The van der Waals surface area contributed by atoms with Gasteiger partial charge in [0.15, 0.2) is 0 Å². The average Bonchev–Trinajstić information content (AvgIpc) is 2.86. The van der Waals surface area contributed by atoms with Crippen LogP contribution in [0.15, 0.2) is 30.5 Å². The number of benzene rings is 1. The minimum Gasteiger partial charge on any atom is -0.396 e. The fourth-order valence-electron chi connectivity index (χ4n) is 5.00. The SMILES string of the molecule is Nc1cnc2ccccc2c1NC1C2C3CCC(C3)C12. The molecule has 1 heterocycles. The van der Waals surface area contributed by atoms with Gasteiger partial charge >= 0.3 is 0 Å². The number of para-hydroxylation sites is 1. The number of nitrogens with two attached hydrogens (primary N) is 1. The van der Waals surface area contributed by atoms with E-state index < -0.39 is 0 Å². The van der Waals surface area contributed by atoms with Crippen LogP contribution in [0.2, 0.25) is 0 Å². The number of anilines is 2. The lowest BCUT2D eigenvalue weighted by atomic mass is 10.0. The Morgan fingerprint density at radius 2 is 1.85 bits per heavy atom. The fourth-order valence-corrected chi connectivity index (χ4v) is 5.00. The van der Waals surface area contributed by atoms with Gasteiger partial charge in [-0.3, -0.25) is 4.98 Å². The minimum absolute atomic E-state index is 0.661. The van der Waals surface area contributed by atoms with E-state index in [2.05, 4.69) is 28.5 Å². The summed E-state index contributed by atoms with van der Waals surface area (Å²) in [5, 5.41) is 4.92. The molecule has 2 aromatic rings. The smallest absolute Gasteiger partial charge is 0.0743 e. The van der Waals surface area contributed by atoms with Gasteiger partial charge in [-0.05, 0) is 49.0 Å². The van der Waals surface area contributed by atoms with Crippen LogP contribution in [-0.4, -0.2) is 11.0 Å². The summed E-state index contributed by atoms with van der Waals surface area (Å²) in [5.74, 6) is 3.80. The quantitative estimate of drug-likeness (QED) is 0.876. The Balaban J connectivity index is 1.52. The summed E-state index contributed by atoms with van der Waals surface area (Å²) in [4.78, 5) is 4.42. The van der Waals surface area contributed by atoms with E-state index in [9.17, 15) is 0 Å². The third kappa shape index (κ3) is 1.33. The van der Waals surface area contributed by atoms with Crippen LogP contribution in [-0.2, 0) is 0 Å². The zero-order valence-electron chi connectivity index (χ0n) is 11.4. The van der Waals surface area contributed by atoms with Gasteiger partial charge in [0.1, 0.15) is 0 Å². The first-order chi connectivity index (χ1) is 9.83. The molecular weight excluding hydrogens is 246 g/mol. The number of nitrogens with zero attached hydrogens (tertiary/aromatic N) is 1. The molecular formula is C17H19N3. The van der Waals surface area contributed by atoms with E-state index in [4.69, 9.17) is 5.73 Å². The lowest BCUT2D eigenvalue weighted by Crippen LogP contribution is -2.14. The molecule has 0 spiro atoms. The highest BCUT2D eigenvalue weighted by atomic mass is 15.0. The molecule has 1 aromatic heterocycles. The Kier molecular flexibility index (Phi) is 2.00. The van der Waals surface area contributed by atoms with Gasteiger partial charge < -0.3 is 11.1 Å². The zero-order valence-corrected chi connectivity index (χ0v) is 11.4. The highest BCUT2D eigenvalue weighted by molar-refractivity contribution is 5.97. The van der Waals surface area contributed by atoms with Gasteiger partial charge in [0.2, 0.25) is 0 Å². The van der Waals surface area contributed by atoms with Crippen molar-refractivity contribution < 1.29 is 0 Å². The van der Waals surface area contributed by atoms with Crippen LogP contribution in [0.4, 0.5) is 11.4 Å². The van der Waals surface area contributed by atoms with Gasteiger partial charge in [-0.2, -0.15) is 0 Å². The number of hydrogen-bond donors (Lipinski definition) is 2. The Labute approximate surface area is 118 Å². The lowest BCUT2D eigenvalue weighted by Gasteiger charge is -2.15. The number of nitrogens with one attached hydrogen (secondary N) is 1. The van der Waals surface area contributed by atoms with Crippen LogP contribution < -0.4 is 11.1 Å². The van der Waals surface area contributed by atoms with Crippen LogP contribution in [0.1, 0.15) is 19.3 Å². The maximum absolute atomic E-state index is 6.17. The molecule has 102 valence electrons. The fraction of sp³-hybridized carbons (Fsp3) is 0.471. The minimum atomic E-state index is 0.661. The molecule has 4 unspecified atom stereocenters. The monoisotopic (exact) mass is 265 g/mol. The average molecular weight is 265 g/mol. The van der Waals surface area contributed by atoms with Gasteiger partial charge in [-0.1, -0.05) is 18.2 Å². The molecule has 3 N–H and O–H groups in total. The molecule has 3 aliphatic carbocycles. The van der Waals surface area contributed by atoms with E-state index >= 15 is 0 Å². The summed E-state index contributed by atoms with van der Waals surface area (Å²) in [6.45, 7) is 0. The van der Waals surface area contributed by atoms with Crippen molar-refractivity contribution in [2.45, 2.75) is 25.3 Å². The van der Waals surface area contributed by atoms with Crippen LogP contribution in [0.3, 0.4) is 0 Å². The van der Waals surface area contributed by atoms with Crippen molar-refractivity contribution in [2.24, 2.45) is 23.7 Å². The van der Waals surface area contributed by atoms with Crippen LogP contribution in [0, 0.1) is 23.7 Å². The van der Waals surface area contributed by atoms with E-state index in [0.717, 1.165) is 45.9 Å². The molecule has 4 atom stereocenters. The number of pyridine rings is 1. The first kappa shape index (κ1) is 11.0. The standard InChI is InChI=1S/C17H19N3/c18-12-8-19-13-4-2-1-3-11(13)16(12)20-17-14-9-5-6-10(7-9)15(14)17/h1-4,8-10,14-15,17H,5-7,18H2,(H,19,20). The Morgan fingerprint density at radius 3 is 2.65 bits per heavy atom. The Hall–Kier alpha value is -1.77. The molecule has 0 amide bonds. The van der Waals surface area contributed by atoms with Crippen molar-refractivity contribution in [2.75, 3.05) is 11.1 Å². The normalized spacial score (nSPS) is 37.1. The van der Waals surface area contributed by atoms with Gasteiger partial charge in [-0.15, -0.1) is 0 Å². The number of hydrogen-bond acceptors (Lipinski definition) is 3. The van der Waals surface area contributed by atoms with Crippen molar-refractivity contribution >= 4 is 22.3 Å². The van der Waals surface area contributed by atoms with Gasteiger partial charge in [0, 0.05) is 11.4 Å². The van der Waals surface area contributed by atoms with E-state index in [1.54, 1.807) is 6.20 Å². The predicted molar refractivity (Wildman–Crippen MR) is 81.4 cm³/mol. The van der Waals surface area contributed by atoms with Crippen LogP contribution >= 0.6 is 0 Å². The third-order valence-electron chi connectivity index (χ3n) is 5.85. The largest absolute Gasteiger partial charge is 0.396 e. The molecule has 0 saturated heterocycles. The van der Waals surface area contributed by atoms with Gasteiger partial charge in [-0.25, -0.2) is 0 Å². The molecule has 20 heavy (non-hydrogen) atoms. The summed E-state index contributed by atoms with van der Waals surface area (Å²) in [5.41, 5.74) is 9.08. The van der Waals surface area contributed by atoms with E-state index in [1.165, 1.54) is 19.3 Å². The molecule has 5 rings (SSSR count). The van der Waals surface area contributed by atoms with Crippen molar-refractivity contribution in [3.63, 3.8) is 0 Å². The predicted octanol–water partition coefficient (Wildman–Crippen LogP) is 3.27. The number of nitrogen functional groups attached to an aromatic ring is 1. The highest BCUT2D eigenvalue weighted by Crippen LogP contribution is 2.66. The van der Waals surface area contributed by atoms with Crippen LogP contribution in [0.5, 0.6) is 0 Å². The molecule has 3 saturated carbocycles. The Morgan fingerprint density at radius 1 is 1.10 bits per heavy atom. The van der Waals surface area contributed by atoms with Crippen molar-refractivity contribution in [1.82, 2.24) is 4.98 Å². The summed E-state index contributed by atoms with van der Waals surface area (Å²) in [6, 6.07) is 8.92. The van der Waals surface area contributed by atoms with Gasteiger partial charge in [0.25, 0.3) is 0 Å². The zero-order chi connectivity index (χ0) is 13.3. The number of rotatable bonds is 2. The molecule has 1 aromatic carbocycles. The molecule has 3 heteroatoms. The first-order valence-electron chi connectivity index (χ1n) is 7.72. The number of aromatic nitrogens is 1. The maximum atomic E-state index is 6.17. The molecule has 2 bridgehead atoms. The molecule has 3 aliphatic rings. The van der Waals surface area contributed by atoms with Crippen LogP contribution in [0.25, 0.3) is 10.9 Å². The number of fused-ring (bicyclic) bond motifs is 6. The van der Waals surface area contributed by atoms with E-state index in [1.807, 2.05) is 6.07 Å².